The van der Waals surface area contributed by atoms with Gasteiger partial charge in [0.2, 0.25) is 0 Å². The molecule has 0 aliphatic carbocycles. The van der Waals surface area contributed by atoms with Crippen LogP contribution in [-0.4, -0.2) is 31.2 Å². The maximum absolute atomic E-state index is 9.04. The van der Waals surface area contributed by atoms with Crippen LogP contribution in [0.5, 0.6) is 0 Å². The standard InChI is InChI=1S/C16H22N2O/c1-18(13-15-9-5-6-12-19-15)16(10-11-17)14-7-3-2-4-8-14/h2-4,7-8,15-16H,5-6,9-10,12-13H2,1H3. The average Bonchev–Trinajstić information content (AvgIpc) is 2.46. The Morgan fingerprint density at radius 1 is 1.37 bits per heavy atom. The van der Waals surface area contributed by atoms with Crippen LogP contribution in [-0.2, 0) is 4.74 Å². The van der Waals surface area contributed by atoms with Gasteiger partial charge >= 0.3 is 0 Å². The van der Waals surface area contributed by atoms with Gasteiger partial charge in [0, 0.05) is 19.2 Å². The van der Waals surface area contributed by atoms with Crippen molar-refractivity contribution in [2.24, 2.45) is 0 Å². The first-order chi connectivity index (χ1) is 9.31. The van der Waals surface area contributed by atoms with Crippen LogP contribution in [0.1, 0.15) is 37.3 Å². The lowest BCUT2D eigenvalue weighted by Crippen LogP contribution is -2.35. The fourth-order valence-corrected chi connectivity index (χ4v) is 2.69. The SMILES string of the molecule is CN(CC1CCCCO1)C(CC#N)c1ccccc1. The van der Waals surface area contributed by atoms with Crippen LogP contribution in [0.25, 0.3) is 0 Å². The van der Waals surface area contributed by atoms with Crippen molar-refractivity contribution in [3.63, 3.8) is 0 Å². The molecule has 1 aliphatic rings. The fraction of sp³-hybridized carbons (Fsp3) is 0.562. The predicted molar refractivity (Wildman–Crippen MR) is 75.6 cm³/mol. The lowest BCUT2D eigenvalue weighted by atomic mass is 10.0. The quantitative estimate of drug-likeness (QED) is 0.814. The van der Waals surface area contributed by atoms with Crippen molar-refractivity contribution in [3.05, 3.63) is 35.9 Å². The highest BCUT2D eigenvalue weighted by molar-refractivity contribution is 5.20. The number of hydrogen-bond donors (Lipinski definition) is 0. The van der Waals surface area contributed by atoms with E-state index >= 15 is 0 Å². The molecule has 3 heteroatoms. The van der Waals surface area contributed by atoms with Gasteiger partial charge in [0.05, 0.1) is 18.6 Å². The number of benzene rings is 1. The molecule has 0 amide bonds. The first-order valence-corrected chi connectivity index (χ1v) is 7.05. The van der Waals surface area contributed by atoms with Gasteiger partial charge in [-0.3, -0.25) is 4.90 Å². The summed E-state index contributed by atoms with van der Waals surface area (Å²) in [6.45, 7) is 1.79. The largest absolute Gasteiger partial charge is 0.377 e. The minimum Gasteiger partial charge on any atom is -0.377 e. The van der Waals surface area contributed by atoms with Crippen LogP contribution in [0.3, 0.4) is 0 Å². The zero-order valence-electron chi connectivity index (χ0n) is 11.6. The van der Waals surface area contributed by atoms with E-state index in [-0.39, 0.29) is 6.04 Å². The van der Waals surface area contributed by atoms with Gasteiger partial charge < -0.3 is 4.74 Å². The first-order valence-electron chi connectivity index (χ1n) is 7.05. The Hall–Kier alpha value is -1.37. The number of hydrogen-bond acceptors (Lipinski definition) is 3. The minimum atomic E-state index is 0.164. The Bertz CT molecular complexity index is 407. The summed E-state index contributed by atoms with van der Waals surface area (Å²) in [5, 5.41) is 9.04. The van der Waals surface area contributed by atoms with Crippen molar-refractivity contribution in [1.29, 1.82) is 5.26 Å². The number of ether oxygens (including phenoxy) is 1. The fourth-order valence-electron chi connectivity index (χ4n) is 2.69. The van der Waals surface area contributed by atoms with E-state index in [1.165, 1.54) is 18.4 Å². The second kappa shape index (κ2) is 7.28. The van der Waals surface area contributed by atoms with Crippen LogP contribution in [0.2, 0.25) is 0 Å². The summed E-state index contributed by atoms with van der Waals surface area (Å²) in [4.78, 5) is 2.26. The van der Waals surface area contributed by atoms with Gasteiger partial charge in [-0.1, -0.05) is 30.3 Å². The monoisotopic (exact) mass is 258 g/mol. The molecule has 1 aromatic carbocycles. The van der Waals surface area contributed by atoms with Gasteiger partial charge in [-0.2, -0.15) is 5.26 Å². The van der Waals surface area contributed by atoms with Crippen LogP contribution >= 0.6 is 0 Å². The van der Waals surface area contributed by atoms with E-state index in [1.807, 2.05) is 18.2 Å². The Morgan fingerprint density at radius 2 is 2.16 bits per heavy atom. The van der Waals surface area contributed by atoms with Crippen LogP contribution < -0.4 is 0 Å². The van der Waals surface area contributed by atoms with E-state index in [0.717, 1.165) is 19.6 Å². The second-order valence-electron chi connectivity index (χ2n) is 5.22. The highest BCUT2D eigenvalue weighted by Crippen LogP contribution is 2.24. The highest BCUT2D eigenvalue weighted by Gasteiger charge is 2.22. The molecule has 3 nitrogen and oxygen atoms in total. The van der Waals surface area contributed by atoms with Gasteiger partial charge in [-0.05, 0) is 31.9 Å². The lowest BCUT2D eigenvalue weighted by Gasteiger charge is -2.32. The van der Waals surface area contributed by atoms with Crippen LogP contribution in [0, 0.1) is 11.3 Å². The van der Waals surface area contributed by atoms with Crippen LogP contribution in [0.4, 0.5) is 0 Å². The van der Waals surface area contributed by atoms with Crippen molar-refractivity contribution in [3.8, 4) is 6.07 Å². The maximum atomic E-state index is 9.04. The predicted octanol–water partition coefficient (Wildman–Crippen LogP) is 3.14. The minimum absolute atomic E-state index is 0.164. The molecule has 2 rings (SSSR count). The molecular formula is C16H22N2O. The molecule has 1 aromatic rings. The third-order valence-corrected chi connectivity index (χ3v) is 3.77. The van der Waals surface area contributed by atoms with Gasteiger partial charge in [-0.25, -0.2) is 0 Å². The van der Waals surface area contributed by atoms with Gasteiger partial charge in [0.15, 0.2) is 0 Å². The number of rotatable bonds is 5. The molecule has 1 aliphatic heterocycles. The Labute approximate surface area is 115 Å². The summed E-state index contributed by atoms with van der Waals surface area (Å²) >= 11 is 0. The smallest absolute Gasteiger partial charge is 0.0702 e. The van der Waals surface area contributed by atoms with E-state index in [0.29, 0.717) is 12.5 Å². The summed E-state index contributed by atoms with van der Waals surface area (Å²) < 4.78 is 5.79. The zero-order valence-corrected chi connectivity index (χ0v) is 11.6. The summed E-state index contributed by atoms with van der Waals surface area (Å²) in [6.07, 6.45) is 4.42. The molecule has 102 valence electrons. The summed E-state index contributed by atoms with van der Waals surface area (Å²) in [5.74, 6) is 0. The number of nitrogens with zero attached hydrogens (tertiary/aromatic N) is 2. The van der Waals surface area contributed by atoms with Crippen molar-refractivity contribution in [1.82, 2.24) is 4.90 Å². The summed E-state index contributed by atoms with van der Waals surface area (Å²) in [5.41, 5.74) is 1.21. The van der Waals surface area contributed by atoms with Crippen molar-refractivity contribution in [2.75, 3.05) is 20.2 Å². The van der Waals surface area contributed by atoms with Crippen molar-refractivity contribution >= 4 is 0 Å². The molecule has 2 atom stereocenters. The van der Waals surface area contributed by atoms with Crippen molar-refractivity contribution in [2.45, 2.75) is 37.8 Å². The summed E-state index contributed by atoms with van der Waals surface area (Å²) in [7, 11) is 2.09. The molecule has 0 radical (unpaired) electrons. The zero-order chi connectivity index (χ0) is 13.5. The van der Waals surface area contributed by atoms with E-state index in [2.05, 4.69) is 30.1 Å². The Morgan fingerprint density at radius 3 is 2.79 bits per heavy atom. The summed E-state index contributed by atoms with van der Waals surface area (Å²) in [6, 6.07) is 12.7. The molecule has 0 spiro atoms. The third-order valence-electron chi connectivity index (χ3n) is 3.77. The molecule has 0 saturated carbocycles. The second-order valence-corrected chi connectivity index (χ2v) is 5.22. The molecule has 19 heavy (non-hydrogen) atoms. The third kappa shape index (κ3) is 4.05. The van der Waals surface area contributed by atoms with Gasteiger partial charge in [-0.15, -0.1) is 0 Å². The molecule has 1 saturated heterocycles. The number of likely N-dealkylation sites (N-methyl/N-ethyl adjacent to an activating group) is 1. The molecule has 2 unspecified atom stereocenters. The molecule has 1 fully saturated rings. The van der Waals surface area contributed by atoms with Crippen molar-refractivity contribution < 1.29 is 4.74 Å². The van der Waals surface area contributed by atoms with E-state index in [1.54, 1.807) is 0 Å². The Balaban J connectivity index is 2.00. The Kier molecular flexibility index (Phi) is 5.38. The normalized spacial score (nSPS) is 21.0. The van der Waals surface area contributed by atoms with E-state index in [9.17, 15) is 0 Å². The molecular weight excluding hydrogens is 236 g/mol. The topological polar surface area (TPSA) is 36.3 Å². The van der Waals surface area contributed by atoms with E-state index < -0.39 is 0 Å². The van der Waals surface area contributed by atoms with Crippen LogP contribution in [0.15, 0.2) is 30.3 Å². The maximum Gasteiger partial charge on any atom is 0.0702 e. The first kappa shape index (κ1) is 14.0. The average molecular weight is 258 g/mol. The lowest BCUT2D eigenvalue weighted by molar-refractivity contribution is -0.00810. The molecule has 0 aromatic heterocycles. The van der Waals surface area contributed by atoms with E-state index in [4.69, 9.17) is 10.00 Å². The molecule has 1 heterocycles. The van der Waals surface area contributed by atoms with Gasteiger partial charge in [0.1, 0.15) is 0 Å². The molecule has 0 bridgehead atoms. The molecule has 0 N–H and O–H groups in total. The van der Waals surface area contributed by atoms with Gasteiger partial charge in [0.25, 0.3) is 0 Å². The number of nitriles is 1. The highest BCUT2D eigenvalue weighted by atomic mass is 16.5.